The first-order valence-electron chi connectivity index (χ1n) is 4.06. The molecule has 1 aromatic heterocycles. The molecule has 0 radical (unpaired) electrons. The van der Waals surface area contributed by atoms with E-state index in [9.17, 15) is 4.79 Å². The fraction of sp³-hybridized carbons (Fsp3) is 0.200. The molecule has 1 heterocycles. The largest absolute Gasteiger partial charge is 0.321 e. The van der Waals surface area contributed by atoms with Crippen molar-refractivity contribution >= 4 is 24.0 Å². The zero-order chi connectivity index (χ0) is 10.7. The van der Waals surface area contributed by atoms with Crippen LogP contribution in [0.1, 0.15) is 0 Å². The molecule has 0 aliphatic rings. The van der Waals surface area contributed by atoms with Gasteiger partial charge in [0, 0.05) is 19.4 Å². The predicted molar refractivity (Wildman–Crippen MR) is 60.5 cm³/mol. The van der Waals surface area contributed by atoms with Gasteiger partial charge in [-0.3, -0.25) is 9.79 Å². The number of aromatic nitrogens is 1. The minimum absolute atomic E-state index is 0.0337. The summed E-state index contributed by atoms with van der Waals surface area (Å²) in [5.41, 5.74) is 0. The molecule has 0 N–H and O–H groups in total. The molecule has 0 fully saturated rings. The van der Waals surface area contributed by atoms with Crippen LogP contribution in [-0.4, -0.2) is 11.6 Å². The highest BCUT2D eigenvalue weighted by Crippen LogP contribution is 1.67. The Labute approximate surface area is 85.7 Å². The first kappa shape index (κ1) is 10.7. The van der Waals surface area contributed by atoms with Crippen molar-refractivity contribution in [3.05, 3.63) is 37.6 Å². The first-order valence-corrected chi connectivity index (χ1v) is 4.88. The van der Waals surface area contributed by atoms with Crippen LogP contribution < -0.4 is 20.1 Å². The molecule has 0 atom stereocenters. The third kappa shape index (κ3) is 1.75. The molecule has 1 rings (SSSR count). The normalized spacial score (nSPS) is 13.3. The lowest BCUT2D eigenvalue weighted by atomic mass is 10.4. The summed E-state index contributed by atoms with van der Waals surface area (Å²) in [6, 6.07) is 0. The van der Waals surface area contributed by atoms with E-state index < -0.39 is 0 Å². The van der Waals surface area contributed by atoms with E-state index >= 15 is 0 Å². The molecule has 0 saturated carbocycles. The van der Waals surface area contributed by atoms with E-state index in [1.54, 1.807) is 23.8 Å². The number of hydrogen-bond donors (Lipinski definition) is 0. The Morgan fingerprint density at radius 3 is 2.71 bits per heavy atom. The quantitative estimate of drug-likeness (QED) is 0.604. The van der Waals surface area contributed by atoms with Crippen molar-refractivity contribution in [2.45, 2.75) is 0 Å². The average Bonchev–Trinajstić information content (AvgIpc) is 2.18. The molecule has 0 aliphatic carbocycles. The Morgan fingerprint density at radius 2 is 2.21 bits per heavy atom. The lowest BCUT2D eigenvalue weighted by Crippen LogP contribution is -2.47. The van der Waals surface area contributed by atoms with Crippen molar-refractivity contribution in [2.75, 3.05) is 7.05 Å². The van der Waals surface area contributed by atoms with Gasteiger partial charge in [0.05, 0.1) is 5.22 Å². The van der Waals surface area contributed by atoms with Crippen LogP contribution in [0.25, 0.3) is 12.7 Å². The van der Waals surface area contributed by atoms with Crippen molar-refractivity contribution in [3.63, 3.8) is 0 Å². The molecule has 74 valence electrons. The van der Waals surface area contributed by atoms with Crippen molar-refractivity contribution in [1.82, 2.24) is 4.57 Å². The third-order valence-electron chi connectivity index (χ3n) is 1.88. The number of hydrogen-bond acceptors (Lipinski definition) is 3. The SMILES string of the molecule is C=C/C=c1/c(=O)sc(=NC)n(C)c1=C. The first-order chi connectivity index (χ1) is 6.61. The summed E-state index contributed by atoms with van der Waals surface area (Å²) in [6.45, 7) is 7.40. The van der Waals surface area contributed by atoms with Crippen molar-refractivity contribution < 1.29 is 0 Å². The fourth-order valence-corrected chi connectivity index (χ4v) is 1.90. The van der Waals surface area contributed by atoms with Crippen LogP contribution in [0.4, 0.5) is 0 Å². The third-order valence-corrected chi connectivity index (χ3v) is 2.93. The second kappa shape index (κ2) is 4.19. The van der Waals surface area contributed by atoms with Crippen molar-refractivity contribution in [1.29, 1.82) is 0 Å². The van der Waals surface area contributed by atoms with Gasteiger partial charge in [0.25, 0.3) is 0 Å². The zero-order valence-corrected chi connectivity index (χ0v) is 9.10. The summed E-state index contributed by atoms with van der Waals surface area (Å²) in [5.74, 6) is 0. The number of nitrogens with zero attached hydrogens (tertiary/aromatic N) is 2. The van der Waals surface area contributed by atoms with Crippen LogP contribution >= 0.6 is 11.3 Å². The summed E-state index contributed by atoms with van der Waals surface area (Å²) >= 11 is 1.11. The lowest BCUT2D eigenvalue weighted by Gasteiger charge is -1.98. The minimum atomic E-state index is -0.0337. The maximum absolute atomic E-state index is 11.6. The van der Waals surface area contributed by atoms with Gasteiger partial charge in [0.2, 0.25) is 4.74 Å². The maximum atomic E-state index is 11.6. The highest BCUT2D eigenvalue weighted by Gasteiger charge is 1.95. The van der Waals surface area contributed by atoms with Gasteiger partial charge in [-0.1, -0.05) is 30.6 Å². The highest BCUT2D eigenvalue weighted by atomic mass is 32.1. The van der Waals surface area contributed by atoms with E-state index in [2.05, 4.69) is 18.2 Å². The lowest BCUT2D eigenvalue weighted by molar-refractivity contribution is 0.817. The van der Waals surface area contributed by atoms with Gasteiger partial charge in [-0.2, -0.15) is 0 Å². The van der Waals surface area contributed by atoms with Crippen LogP contribution in [0.2, 0.25) is 0 Å². The average molecular weight is 208 g/mol. The molecular formula is C10H12N2OS. The summed E-state index contributed by atoms with van der Waals surface area (Å²) in [4.78, 5) is 16.3. The molecule has 0 bridgehead atoms. The summed E-state index contributed by atoms with van der Waals surface area (Å²) in [7, 11) is 3.49. The Balaban J connectivity index is 3.96. The number of allylic oxidation sites excluding steroid dienone is 1. The summed E-state index contributed by atoms with van der Waals surface area (Å²) in [5, 5.41) is 1.24. The topological polar surface area (TPSA) is 34.4 Å². The molecule has 1 aromatic rings. The molecule has 0 amide bonds. The highest BCUT2D eigenvalue weighted by molar-refractivity contribution is 7.06. The van der Waals surface area contributed by atoms with E-state index in [0.717, 1.165) is 11.3 Å². The summed E-state index contributed by atoms with van der Waals surface area (Å²) in [6.07, 6.45) is 3.25. The Bertz CT molecular complexity index is 578. The molecule has 14 heavy (non-hydrogen) atoms. The van der Waals surface area contributed by atoms with Gasteiger partial charge in [-0.05, 0) is 6.08 Å². The second-order valence-corrected chi connectivity index (χ2v) is 3.66. The molecule has 0 spiro atoms. The van der Waals surface area contributed by atoms with Gasteiger partial charge < -0.3 is 4.57 Å². The summed E-state index contributed by atoms with van der Waals surface area (Å²) < 4.78 is 1.76. The van der Waals surface area contributed by atoms with E-state index in [4.69, 9.17) is 0 Å². The zero-order valence-electron chi connectivity index (χ0n) is 8.28. The molecule has 3 nitrogen and oxygen atoms in total. The molecule has 0 aliphatic heterocycles. The molecular weight excluding hydrogens is 196 g/mol. The van der Waals surface area contributed by atoms with Crippen LogP contribution in [0.3, 0.4) is 0 Å². The Hall–Kier alpha value is -1.42. The van der Waals surface area contributed by atoms with E-state index in [0.29, 0.717) is 15.4 Å². The van der Waals surface area contributed by atoms with Crippen LogP contribution in [0.5, 0.6) is 0 Å². The van der Waals surface area contributed by atoms with E-state index in [1.807, 2.05) is 7.05 Å². The van der Waals surface area contributed by atoms with Crippen molar-refractivity contribution in [3.8, 4) is 0 Å². The van der Waals surface area contributed by atoms with Crippen LogP contribution in [-0.2, 0) is 7.05 Å². The monoisotopic (exact) mass is 208 g/mol. The van der Waals surface area contributed by atoms with Crippen molar-refractivity contribution in [2.24, 2.45) is 12.0 Å². The van der Waals surface area contributed by atoms with Gasteiger partial charge in [-0.25, -0.2) is 0 Å². The maximum Gasteiger partial charge on any atom is 0.244 e. The van der Waals surface area contributed by atoms with Crippen LogP contribution in [0, 0.1) is 0 Å². The number of rotatable bonds is 1. The standard InChI is InChI=1S/C10H12N2OS/c1-5-6-8-7(2)12(4)10(11-3)14-9(8)13/h5-6H,1-2H2,3-4H3/b8-6+,11-10?. The second-order valence-electron chi connectivity index (χ2n) is 2.72. The van der Waals surface area contributed by atoms with Gasteiger partial charge in [-0.15, -0.1) is 0 Å². The molecule has 0 unspecified atom stereocenters. The van der Waals surface area contributed by atoms with Gasteiger partial charge in [0.1, 0.15) is 0 Å². The van der Waals surface area contributed by atoms with E-state index in [-0.39, 0.29) is 4.74 Å². The minimum Gasteiger partial charge on any atom is -0.321 e. The van der Waals surface area contributed by atoms with Gasteiger partial charge in [0.15, 0.2) is 4.80 Å². The fourth-order valence-electron chi connectivity index (χ4n) is 1.10. The smallest absolute Gasteiger partial charge is 0.244 e. The molecule has 4 heteroatoms. The Kier molecular flexibility index (Phi) is 3.19. The van der Waals surface area contributed by atoms with Crippen LogP contribution in [0.15, 0.2) is 22.4 Å². The molecule has 0 saturated heterocycles. The Morgan fingerprint density at radius 1 is 1.57 bits per heavy atom. The molecule has 0 aromatic carbocycles. The van der Waals surface area contributed by atoms with E-state index in [1.165, 1.54) is 0 Å². The predicted octanol–water partition coefficient (Wildman–Crippen LogP) is -0.646. The van der Waals surface area contributed by atoms with Gasteiger partial charge >= 0.3 is 0 Å².